The zero-order chi connectivity index (χ0) is 10.4. The third-order valence-corrected chi connectivity index (χ3v) is 2.22. The van der Waals surface area contributed by atoms with Crippen molar-refractivity contribution in [3.05, 3.63) is 23.8 Å². The molecular weight excluding hydrogens is 178 g/mol. The first kappa shape index (κ1) is 10.9. The molecule has 0 amide bonds. The second-order valence-corrected chi connectivity index (χ2v) is 3.43. The number of hydrogen-bond donors (Lipinski definition) is 3. The van der Waals surface area contributed by atoms with Gasteiger partial charge in [0.1, 0.15) is 5.75 Å². The molecular formula is C11H17NO2. The number of benzene rings is 1. The van der Waals surface area contributed by atoms with E-state index in [2.05, 4.69) is 0 Å². The summed E-state index contributed by atoms with van der Waals surface area (Å²) < 4.78 is 0. The van der Waals surface area contributed by atoms with Crippen LogP contribution in [0.1, 0.15) is 24.8 Å². The van der Waals surface area contributed by atoms with Gasteiger partial charge in [0.25, 0.3) is 0 Å². The number of nitrogens with two attached hydrogens (primary N) is 1. The smallest absolute Gasteiger partial charge is 0.138 e. The van der Waals surface area contributed by atoms with Crippen molar-refractivity contribution >= 4 is 5.69 Å². The van der Waals surface area contributed by atoms with Gasteiger partial charge in [-0.2, -0.15) is 0 Å². The lowest BCUT2D eigenvalue weighted by molar-refractivity contribution is 0.283. The highest BCUT2D eigenvalue weighted by atomic mass is 16.3. The Morgan fingerprint density at radius 1 is 1.14 bits per heavy atom. The molecule has 78 valence electrons. The third-order valence-electron chi connectivity index (χ3n) is 2.22. The molecule has 0 heterocycles. The largest absolute Gasteiger partial charge is 0.506 e. The molecule has 0 atom stereocenters. The van der Waals surface area contributed by atoms with E-state index >= 15 is 0 Å². The van der Waals surface area contributed by atoms with E-state index < -0.39 is 0 Å². The Labute approximate surface area is 84.2 Å². The molecule has 3 heteroatoms. The van der Waals surface area contributed by atoms with Crippen molar-refractivity contribution in [1.29, 1.82) is 0 Å². The second-order valence-electron chi connectivity index (χ2n) is 3.43. The zero-order valence-electron chi connectivity index (χ0n) is 8.24. The van der Waals surface area contributed by atoms with Crippen molar-refractivity contribution in [1.82, 2.24) is 0 Å². The summed E-state index contributed by atoms with van der Waals surface area (Å²) in [6, 6.07) is 5.35. The van der Waals surface area contributed by atoms with Gasteiger partial charge in [0.15, 0.2) is 0 Å². The van der Waals surface area contributed by atoms with E-state index in [0.717, 1.165) is 31.2 Å². The number of unbranched alkanes of at least 4 members (excludes halogenated alkanes) is 2. The summed E-state index contributed by atoms with van der Waals surface area (Å²) >= 11 is 0. The molecule has 0 saturated carbocycles. The number of phenolic OH excluding ortho intramolecular Hbond substituents is 1. The van der Waals surface area contributed by atoms with Gasteiger partial charge in [-0.25, -0.2) is 0 Å². The van der Waals surface area contributed by atoms with Crippen molar-refractivity contribution in [3.63, 3.8) is 0 Å². The van der Waals surface area contributed by atoms with E-state index in [1.165, 1.54) is 0 Å². The fourth-order valence-corrected chi connectivity index (χ4v) is 1.36. The first-order valence-corrected chi connectivity index (χ1v) is 4.92. The predicted octanol–water partition coefficient (Wildman–Crippen LogP) is 1.68. The average Bonchev–Trinajstić information content (AvgIpc) is 2.18. The molecule has 0 unspecified atom stereocenters. The number of rotatable bonds is 5. The Bertz CT molecular complexity index is 287. The van der Waals surface area contributed by atoms with E-state index in [9.17, 15) is 5.11 Å². The summed E-state index contributed by atoms with van der Waals surface area (Å²) in [6.45, 7) is 0.257. The third kappa shape index (κ3) is 3.26. The van der Waals surface area contributed by atoms with Gasteiger partial charge in [-0.15, -0.1) is 0 Å². The lowest BCUT2D eigenvalue weighted by atomic mass is 10.1. The zero-order valence-corrected chi connectivity index (χ0v) is 8.24. The second kappa shape index (κ2) is 5.50. The van der Waals surface area contributed by atoms with Crippen molar-refractivity contribution < 1.29 is 10.2 Å². The number of aliphatic hydroxyl groups is 1. The maximum atomic E-state index is 9.34. The molecule has 0 aliphatic rings. The maximum absolute atomic E-state index is 9.34. The van der Waals surface area contributed by atoms with Crippen molar-refractivity contribution in [3.8, 4) is 5.75 Å². The van der Waals surface area contributed by atoms with Crippen molar-refractivity contribution in [2.45, 2.75) is 25.7 Å². The molecule has 0 bridgehead atoms. The van der Waals surface area contributed by atoms with Crippen LogP contribution >= 0.6 is 0 Å². The number of hydrogen-bond acceptors (Lipinski definition) is 3. The molecule has 0 fully saturated rings. The predicted molar refractivity (Wildman–Crippen MR) is 57.2 cm³/mol. The molecule has 0 aromatic heterocycles. The number of aliphatic hydroxyl groups excluding tert-OH is 1. The normalized spacial score (nSPS) is 10.4. The quantitative estimate of drug-likeness (QED) is 0.380. The molecule has 1 aromatic carbocycles. The molecule has 0 radical (unpaired) electrons. The summed E-state index contributed by atoms with van der Waals surface area (Å²) in [5, 5.41) is 17.9. The van der Waals surface area contributed by atoms with E-state index in [4.69, 9.17) is 10.8 Å². The highest BCUT2D eigenvalue weighted by Crippen LogP contribution is 2.21. The average molecular weight is 195 g/mol. The Hall–Kier alpha value is -1.22. The SMILES string of the molecule is Nc1ccc(CCCCCO)cc1O. The van der Waals surface area contributed by atoms with Crippen LogP contribution < -0.4 is 5.73 Å². The van der Waals surface area contributed by atoms with Crippen molar-refractivity contribution in [2.75, 3.05) is 12.3 Å². The van der Waals surface area contributed by atoms with Crippen LogP contribution in [0.2, 0.25) is 0 Å². The van der Waals surface area contributed by atoms with Crippen LogP contribution in [0.4, 0.5) is 5.69 Å². The highest BCUT2D eigenvalue weighted by Gasteiger charge is 1.98. The summed E-state index contributed by atoms with van der Waals surface area (Å²) in [4.78, 5) is 0. The minimum atomic E-state index is 0.157. The number of anilines is 1. The standard InChI is InChI=1S/C11H17NO2/c12-10-6-5-9(8-11(10)14)4-2-1-3-7-13/h5-6,8,13-14H,1-4,7,12H2. The monoisotopic (exact) mass is 195 g/mol. The molecule has 14 heavy (non-hydrogen) atoms. The Morgan fingerprint density at radius 2 is 1.93 bits per heavy atom. The van der Waals surface area contributed by atoms with Crippen LogP contribution in [0, 0.1) is 0 Å². The van der Waals surface area contributed by atoms with Gasteiger partial charge in [0.2, 0.25) is 0 Å². The van der Waals surface area contributed by atoms with Gasteiger partial charge in [0.05, 0.1) is 5.69 Å². The minimum Gasteiger partial charge on any atom is -0.506 e. The first-order valence-electron chi connectivity index (χ1n) is 4.92. The summed E-state index contributed by atoms with van der Waals surface area (Å²) in [5.74, 6) is 0.157. The Kier molecular flexibility index (Phi) is 4.26. The number of aromatic hydroxyl groups is 1. The van der Waals surface area contributed by atoms with Crippen LogP contribution in [0.5, 0.6) is 5.75 Å². The van der Waals surface area contributed by atoms with Crippen LogP contribution in [0.25, 0.3) is 0 Å². The van der Waals surface area contributed by atoms with Crippen LogP contribution in [0.15, 0.2) is 18.2 Å². The first-order chi connectivity index (χ1) is 6.74. The molecule has 3 nitrogen and oxygen atoms in total. The van der Waals surface area contributed by atoms with E-state index in [1.807, 2.05) is 6.07 Å². The number of aryl methyl sites for hydroxylation is 1. The summed E-state index contributed by atoms with van der Waals surface area (Å²) in [7, 11) is 0. The van der Waals surface area contributed by atoms with E-state index in [0.29, 0.717) is 5.69 Å². The summed E-state index contributed by atoms with van der Waals surface area (Å²) in [5.41, 5.74) is 6.99. The molecule has 0 saturated heterocycles. The highest BCUT2D eigenvalue weighted by molar-refractivity contribution is 5.52. The van der Waals surface area contributed by atoms with Gasteiger partial charge in [-0.1, -0.05) is 12.5 Å². The fraction of sp³-hybridized carbons (Fsp3) is 0.455. The Morgan fingerprint density at radius 3 is 2.57 bits per heavy atom. The molecule has 4 N–H and O–H groups in total. The van der Waals surface area contributed by atoms with Gasteiger partial charge < -0.3 is 15.9 Å². The van der Waals surface area contributed by atoms with Gasteiger partial charge in [-0.05, 0) is 37.0 Å². The van der Waals surface area contributed by atoms with E-state index in [1.54, 1.807) is 12.1 Å². The fourth-order valence-electron chi connectivity index (χ4n) is 1.36. The maximum Gasteiger partial charge on any atom is 0.138 e. The number of phenols is 1. The Balaban J connectivity index is 2.39. The van der Waals surface area contributed by atoms with Gasteiger partial charge in [-0.3, -0.25) is 0 Å². The molecule has 1 rings (SSSR count). The molecule has 1 aromatic rings. The lowest BCUT2D eigenvalue weighted by Gasteiger charge is -2.03. The van der Waals surface area contributed by atoms with Gasteiger partial charge >= 0.3 is 0 Å². The topological polar surface area (TPSA) is 66.5 Å². The lowest BCUT2D eigenvalue weighted by Crippen LogP contribution is -1.90. The minimum absolute atomic E-state index is 0.157. The molecule has 0 spiro atoms. The van der Waals surface area contributed by atoms with Crippen LogP contribution in [0.3, 0.4) is 0 Å². The summed E-state index contributed by atoms with van der Waals surface area (Å²) in [6.07, 6.45) is 3.82. The molecule has 0 aliphatic carbocycles. The van der Waals surface area contributed by atoms with Crippen molar-refractivity contribution in [2.24, 2.45) is 0 Å². The van der Waals surface area contributed by atoms with E-state index in [-0.39, 0.29) is 12.4 Å². The van der Waals surface area contributed by atoms with Gasteiger partial charge in [0, 0.05) is 6.61 Å². The molecule has 0 aliphatic heterocycles. The van der Waals surface area contributed by atoms with Crippen LogP contribution in [-0.2, 0) is 6.42 Å². The number of nitrogen functional groups attached to an aromatic ring is 1. The van der Waals surface area contributed by atoms with Crippen LogP contribution in [-0.4, -0.2) is 16.8 Å².